The van der Waals surface area contributed by atoms with Crippen molar-refractivity contribution in [2.45, 2.75) is 38.8 Å². The number of methoxy groups -OCH3 is 1. The standard InChI is InChI=1S/C12H22N2O4/c1-12(2,3)18-11(16)14-6-5-8(9(13)7-14)10(15)17-4/h8-9H,5-7,13H2,1-4H3. The summed E-state index contributed by atoms with van der Waals surface area (Å²) in [5.74, 6) is -0.653. The van der Waals surface area contributed by atoms with Gasteiger partial charge in [0.25, 0.3) is 0 Å². The fourth-order valence-corrected chi connectivity index (χ4v) is 1.92. The topological polar surface area (TPSA) is 81.9 Å². The second-order valence-electron chi connectivity index (χ2n) is 5.51. The Hall–Kier alpha value is -1.30. The Balaban J connectivity index is 2.55. The van der Waals surface area contributed by atoms with Gasteiger partial charge in [0.15, 0.2) is 0 Å². The van der Waals surface area contributed by atoms with Crippen LogP contribution in [0.4, 0.5) is 4.79 Å². The summed E-state index contributed by atoms with van der Waals surface area (Å²) >= 11 is 0. The molecule has 1 rings (SSSR count). The minimum absolute atomic E-state index is 0.314. The van der Waals surface area contributed by atoms with Gasteiger partial charge in [-0.1, -0.05) is 0 Å². The molecule has 104 valence electrons. The van der Waals surface area contributed by atoms with Crippen molar-refractivity contribution in [2.75, 3.05) is 20.2 Å². The van der Waals surface area contributed by atoms with Crippen LogP contribution in [0.2, 0.25) is 0 Å². The summed E-state index contributed by atoms with van der Waals surface area (Å²) in [6.07, 6.45) is 0.119. The molecule has 0 saturated carbocycles. The van der Waals surface area contributed by atoms with Crippen molar-refractivity contribution in [2.24, 2.45) is 11.7 Å². The van der Waals surface area contributed by atoms with Crippen LogP contribution in [0.25, 0.3) is 0 Å². The lowest BCUT2D eigenvalue weighted by atomic mass is 9.92. The number of likely N-dealkylation sites (tertiary alicyclic amines) is 1. The third-order valence-electron chi connectivity index (χ3n) is 2.81. The van der Waals surface area contributed by atoms with E-state index in [0.29, 0.717) is 19.5 Å². The van der Waals surface area contributed by atoms with E-state index in [1.54, 1.807) is 0 Å². The number of esters is 1. The molecule has 6 nitrogen and oxygen atoms in total. The quantitative estimate of drug-likeness (QED) is 0.702. The van der Waals surface area contributed by atoms with E-state index >= 15 is 0 Å². The van der Waals surface area contributed by atoms with Crippen molar-refractivity contribution in [1.29, 1.82) is 0 Å². The number of nitrogens with two attached hydrogens (primary N) is 1. The molecular weight excluding hydrogens is 236 g/mol. The first-order valence-electron chi connectivity index (χ1n) is 6.06. The number of hydrogen-bond acceptors (Lipinski definition) is 5. The average molecular weight is 258 g/mol. The average Bonchev–Trinajstić information content (AvgIpc) is 2.25. The molecule has 0 bridgehead atoms. The lowest BCUT2D eigenvalue weighted by Crippen LogP contribution is -2.53. The van der Waals surface area contributed by atoms with Crippen molar-refractivity contribution >= 4 is 12.1 Å². The zero-order valence-corrected chi connectivity index (χ0v) is 11.4. The molecule has 0 aromatic heterocycles. The van der Waals surface area contributed by atoms with E-state index in [0.717, 1.165) is 0 Å². The molecule has 1 fully saturated rings. The van der Waals surface area contributed by atoms with E-state index in [9.17, 15) is 9.59 Å². The van der Waals surface area contributed by atoms with Crippen LogP contribution in [0.15, 0.2) is 0 Å². The van der Waals surface area contributed by atoms with E-state index in [4.69, 9.17) is 10.5 Å². The number of carbonyl (C=O) groups excluding carboxylic acids is 2. The van der Waals surface area contributed by atoms with Crippen LogP contribution in [0.5, 0.6) is 0 Å². The first-order valence-corrected chi connectivity index (χ1v) is 6.06. The summed E-state index contributed by atoms with van der Waals surface area (Å²) in [6, 6.07) is -0.404. The van der Waals surface area contributed by atoms with Crippen molar-refractivity contribution in [1.82, 2.24) is 4.90 Å². The summed E-state index contributed by atoms with van der Waals surface area (Å²) in [7, 11) is 1.34. The highest BCUT2D eigenvalue weighted by Crippen LogP contribution is 2.20. The van der Waals surface area contributed by atoms with Crippen LogP contribution >= 0.6 is 0 Å². The van der Waals surface area contributed by atoms with Crippen LogP contribution in [-0.2, 0) is 14.3 Å². The van der Waals surface area contributed by atoms with Crippen molar-refractivity contribution in [3.63, 3.8) is 0 Å². The van der Waals surface area contributed by atoms with Gasteiger partial charge in [0.2, 0.25) is 0 Å². The number of nitrogens with zero attached hydrogens (tertiary/aromatic N) is 1. The smallest absolute Gasteiger partial charge is 0.410 e. The molecule has 1 heterocycles. The van der Waals surface area contributed by atoms with Crippen LogP contribution < -0.4 is 5.73 Å². The third-order valence-corrected chi connectivity index (χ3v) is 2.81. The molecule has 0 radical (unpaired) electrons. The van der Waals surface area contributed by atoms with E-state index in [-0.39, 0.29) is 18.0 Å². The molecule has 0 aromatic rings. The molecule has 1 amide bonds. The maximum absolute atomic E-state index is 11.8. The molecule has 2 unspecified atom stereocenters. The molecule has 0 spiro atoms. The predicted octanol–water partition coefficient (Wildman–Crippen LogP) is 0.744. The molecule has 6 heteroatoms. The van der Waals surface area contributed by atoms with Gasteiger partial charge in [-0.05, 0) is 27.2 Å². The second kappa shape index (κ2) is 5.56. The lowest BCUT2D eigenvalue weighted by Gasteiger charge is -2.36. The van der Waals surface area contributed by atoms with Gasteiger partial charge in [-0.3, -0.25) is 4.79 Å². The van der Waals surface area contributed by atoms with Gasteiger partial charge in [0, 0.05) is 19.1 Å². The molecule has 0 aliphatic carbocycles. The Morgan fingerprint density at radius 2 is 1.94 bits per heavy atom. The maximum Gasteiger partial charge on any atom is 0.410 e. The first kappa shape index (κ1) is 14.8. The molecule has 0 aromatic carbocycles. The molecule has 1 saturated heterocycles. The maximum atomic E-state index is 11.8. The van der Waals surface area contributed by atoms with E-state index in [2.05, 4.69) is 4.74 Å². The Kier molecular flexibility index (Phi) is 4.56. The van der Waals surface area contributed by atoms with Gasteiger partial charge in [0.05, 0.1) is 13.0 Å². The molecule has 18 heavy (non-hydrogen) atoms. The summed E-state index contributed by atoms with van der Waals surface area (Å²) in [4.78, 5) is 24.8. The lowest BCUT2D eigenvalue weighted by molar-refractivity contribution is -0.147. The van der Waals surface area contributed by atoms with Crippen LogP contribution in [-0.4, -0.2) is 48.8 Å². The Bertz CT molecular complexity index is 325. The van der Waals surface area contributed by atoms with Crippen LogP contribution in [0.1, 0.15) is 27.2 Å². The Labute approximate surface area is 107 Å². The van der Waals surface area contributed by atoms with E-state index < -0.39 is 11.6 Å². The number of amides is 1. The van der Waals surface area contributed by atoms with E-state index in [1.807, 2.05) is 20.8 Å². The Morgan fingerprint density at radius 1 is 1.33 bits per heavy atom. The number of carbonyl (C=O) groups is 2. The van der Waals surface area contributed by atoms with Gasteiger partial charge in [-0.2, -0.15) is 0 Å². The summed E-state index contributed by atoms with van der Waals surface area (Å²) < 4.78 is 9.95. The van der Waals surface area contributed by atoms with E-state index in [1.165, 1.54) is 12.0 Å². The Morgan fingerprint density at radius 3 is 2.39 bits per heavy atom. The zero-order chi connectivity index (χ0) is 13.9. The molecule has 2 N–H and O–H groups in total. The normalized spacial score (nSPS) is 24.6. The fraction of sp³-hybridized carbons (Fsp3) is 0.833. The molecule has 2 atom stereocenters. The summed E-state index contributed by atoms with van der Waals surface area (Å²) in [6.45, 7) is 6.21. The van der Waals surface area contributed by atoms with Crippen molar-refractivity contribution in [3.8, 4) is 0 Å². The predicted molar refractivity (Wildman–Crippen MR) is 65.9 cm³/mol. The highest BCUT2D eigenvalue weighted by Gasteiger charge is 2.35. The number of ether oxygens (including phenoxy) is 2. The minimum Gasteiger partial charge on any atom is -0.469 e. The summed E-state index contributed by atoms with van der Waals surface area (Å²) in [5, 5.41) is 0. The molecular formula is C12H22N2O4. The third kappa shape index (κ3) is 3.87. The van der Waals surface area contributed by atoms with Crippen molar-refractivity contribution < 1.29 is 19.1 Å². The minimum atomic E-state index is -0.527. The van der Waals surface area contributed by atoms with Gasteiger partial charge < -0.3 is 20.1 Å². The van der Waals surface area contributed by atoms with Crippen molar-refractivity contribution in [3.05, 3.63) is 0 Å². The first-order chi connectivity index (χ1) is 8.24. The zero-order valence-electron chi connectivity index (χ0n) is 11.4. The molecule has 1 aliphatic rings. The van der Waals surface area contributed by atoms with Crippen LogP contribution in [0.3, 0.4) is 0 Å². The van der Waals surface area contributed by atoms with Gasteiger partial charge in [-0.25, -0.2) is 4.79 Å². The second-order valence-corrected chi connectivity index (χ2v) is 5.51. The highest BCUT2D eigenvalue weighted by atomic mass is 16.6. The van der Waals surface area contributed by atoms with Gasteiger partial charge in [-0.15, -0.1) is 0 Å². The van der Waals surface area contributed by atoms with Gasteiger partial charge >= 0.3 is 12.1 Å². The largest absolute Gasteiger partial charge is 0.469 e. The monoisotopic (exact) mass is 258 g/mol. The van der Waals surface area contributed by atoms with Crippen LogP contribution in [0, 0.1) is 5.92 Å². The van der Waals surface area contributed by atoms with Gasteiger partial charge in [0.1, 0.15) is 5.60 Å². The fourth-order valence-electron chi connectivity index (χ4n) is 1.92. The number of hydrogen-bond donors (Lipinski definition) is 1. The number of rotatable bonds is 1. The number of piperidine rings is 1. The molecule has 1 aliphatic heterocycles. The summed E-state index contributed by atoms with van der Waals surface area (Å²) in [5.41, 5.74) is 5.37. The highest BCUT2D eigenvalue weighted by molar-refractivity contribution is 5.74. The SMILES string of the molecule is COC(=O)C1CCN(C(=O)OC(C)(C)C)CC1N.